The van der Waals surface area contributed by atoms with Gasteiger partial charge in [0.2, 0.25) is 10.0 Å². The number of hydrogen-bond acceptors (Lipinski definition) is 4. The number of anilines is 1. The van der Waals surface area contributed by atoms with Crippen molar-refractivity contribution in [1.29, 1.82) is 0 Å². The topological polar surface area (TPSA) is 86.7 Å². The molecule has 0 bridgehead atoms. The number of carboxylic acids is 1. The molecule has 118 valence electrons. The minimum absolute atomic E-state index is 0.0842. The van der Waals surface area contributed by atoms with Crippen molar-refractivity contribution in [2.75, 3.05) is 11.9 Å². The van der Waals surface area contributed by atoms with Crippen LogP contribution in [0.3, 0.4) is 0 Å². The molecule has 0 aliphatic rings. The van der Waals surface area contributed by atoms with E-state index in [1.165, 1.54) is 11.0 Å². The van der Waals surface area contributed by atoms with Crippen LogP contribution >= 0.6 is 0 Å². The van der Waals surface area contributed by atoms with Gasteiger partial charge >= 0.3 is 5.97 Å². The van der Waals surface area contributed by atoms with E-state index < -0.39 is 22.0 Å². The Morgan fingerprint density at radius 3 is 2.38 bits per heavy atom. The van der Waals surface area contributed by atoms with Crippen LogP contribution in [0.2, 0.25) is 0 Å². The van der Waals surface area contributed by atoms with Gasteiger partial charge in [-0.1, -0.05) is 19.1 Å². The molecule has 1 rings (SSSR count). The summed E-state index contributed by atoms with van der Waals surface area (Å²) < 4.78 is 27.2. The fraction of sp³-hybridized carbons (Fsp3) is 0.500. The molecule has 21 heavy (non-hydrogen) atoms. The number of sulfonamides is 1. The maximum atomic E-state index is 12.4. The average Bonchev–Trinajstić information content (AvgIpc) is 2.37. The molecule has 0 spiro atoms. The fourth-order valence-corrected chi connectivity index (χ4v) is 3.62. The van der Waals surface area contributed by atoms with Crippen LogP contribution in [-0.2, 0) is 14.8 Å². The molecule has 7 heteroatoms. The lowest BCUT2D eigenvalue weighted by atomic mass is 10.2. The Kier molecular flexibility index (Phi) is 5.74. The van der Waals surface area contributed by atoms with E-state index in [-0.39, 0.29) is 10.9 Å². The van der Waals surface area contributed by atoms with Gasteiger partial charge in [0.25, 0.3) is 0 Å². The zero-order valence-electron chi connectivity index (χ0n) is 12.7. The van der Waals surface area contributed by atoms with Gasteiger partial charge in [-0.2, -0.15) is 0 Å². The van der Waals surface area contributed by atoms with E-state index in [1.807, 2.05) is 0 Å². The van der Waals surface area contributed by atoms with Crippen LogP contribution in [0.4, 0.5) is 5.69 Å². The molecular formula is C14H22N2O4S. The summed E-state index contributed by atoms with van der Waals surface area (Å²) >= 11 is 0. The third-order valence-corrected chi connectivity index (χ3v) is 4.77. The Labute approximate surface area is 125 Å². The zero-order valence-corrected chi connectivity index (χ0v) is 13.5. The molecule has 1 atom stereocenters. The summed E-state index contributed by atoms with van der Waals surface area (Å²) in [6.07, 6.45) is 0.373. The van der Waals surface area contributed by atoms with E-state index in [0.717, 1.165) is 0 Å². The first-order valence-corrected chi connectivity index (χ1v) is 8.26. The van der Waals surface area contributed by atoms with Crippen LogP contribution in [0.25, 0.3) is 0 Å². The highest BCUT2D eigenvalue weighted by molar-refractivity contribution is 7.89. The lowest BCUT2D eigenvalue weighted by molar-refractivity contribution is -0.138. The minimum atomic E-state index is -3.69. The molecular weight excluding hydrogens is 292 g/mol. The van der Waals surface area contributed by atoms with Crippen molar-refractivity contribution in [3.63, 3.8) is 0 Å². The summed E-state index contributed by atoms with van der Waals surface area (Å²) in [5.41, 5.74) is 0.375. The van der Waals surface area contributed by atoms with Gasteiger partial charge < -0.3 is 10.0 Å². The maximum absolute atomic E-state index is 12.4. The summed E-state index contributed by atoms with van der Waals surface area (Å²) in [5, 5.41) is 9.24. The van der Waals surface area contributed by atoms with Crippen molar-refractivity contribution < 1.29 is 18.3 Å². The highest BCUT2D eigenvalue weighted by atomic mass is 32.2. The Hall–Kier alpha value is -1.60. The second kappa shape index (κ2) is 6.91. The molecule has 1 unspecified atom stereocenters. The van der Waals surface area contributed by atoms with Crippen molar-refractivity contribution in [2.45, 2.75) is 44.2 Å². The first-order chi connectivity index (χ1) is 9.70. The number of rotatable bonds is 7. The van der Waals surface area contributed by atoms with Crippen LogP contribution < -0.4 is 9.62 Å². The van der Waals surface area contributed by atoms with Crippen LogP contribution in [0.5, 0.6) is 0 Å². The lowest BCUT2D eigenvalue weighted by Gasteiger charge is -2.28. The van der Waals surface area contributed by atoms with Gasteiger partial charge in [0.15, 0.2) is 0 Å². The number of likely N-dealkylation sites (N-methyl/N-ethyl adjacent to an activating group) is 1. The van der Waals surface area contributed by atoms with Gasteiger partial charge in [-0.05, 0) is 32.4 Å². The Bertz CT molecular complexity index is 599. The predicted molar refractivity (Wildman–Crippen MR) is 82.0 cm³/mol. The largest absolute Gasteiger partial charge is 0.480 e. The zero-order chi connectivity index (χ0) is 16.2. The number of benzene rings is 1. The van der Waals surface area contributed by atoms with Crippen LogP contribution in [0, 0.1) is 0 Å². The Morgan fingerprint density at radius 1 is 1.33 bits per heavy atom. The lowest BCUT2D eigenvalue weighted by Crippen LogP contribution is -2.39. The van der Waals surface area contributed by atoms with Crippen molar-refractivity contribution in [3.8, 4) is 0 Å². The second-order valence-electron chi connectivity index (χ2n) is 5.12. The Morgan fingerprint density at radius 2 is 1.90 bits per heavy atom. The van der Waals surface area contributed by atoms with Gasteiger partial charge in [0.05, 0.1) is 5.69 Å². The molecule has 1 aromatic carbocycles. The SMILES string of the molecule is CCC(C(=O)O)N(C)c1ccccc1S(=O)(=O)NC(C)C. The molecule has 0 saturated heterocycles. The summed E-state index contributed by atoms with van der Waals surface area (Å²) in [6, 6.07) is 5.38. The van der Waals surface area contributed by atoms with Crippen LogP contribution in [0.15, 0.2) is 29.2 Å². The van der Waals surface area contributed by atoms with E-state index in [9.17, 15) is 18.3 Å². The Balaban J connectivity index is 3.30. The van der Waals surface area contributed by atoms with Gasteiger partial charge in [-0.25, -0.2) is 17.9 Å². The number of hydrogen-bond donors (Lipinski definition) is 2. The number of nitrogens with one attached hydrogen (secondary N) is 1. The third kappa shape index (κ3) is 4.18. The smallest absolute Gasteiger partial charge is 0.326 e. The normalized spacial score (nSPS) is 13.2. The van der Waals surface area contributed by atoms with Crippen LogP contribution in [-0.4, -0.2) is 38.6 Å². The first kappa shape index (κ1) is 17.5. The molecule has 2 N–H and O–H groups in total. The monoisotopic (exact) mass is 314 g/mol. The number of aliphatic carboxylic acids is 1. The van der Waals surface area contributed by atoms with Crippen molar-refractivity contribution in [1.82, 2.24) is 4.72 Å². The van der Waals surface area contributed by atoms with Crippen molar-refractivity contribution >= 4 is 21.7 Å². The first-order valence-electron chi connectivity index (χ1n) is 6.77. The molecule has 0 fully saturated rings. The molecule has 0 radical (unpaired) electrons. The number of carbonyl (C=O) groups is 1. The second-order valence-corrected chi connectivity index (χ2v) is 6.80. The number of nitrogens with zero attached hydrogens (tertiary/aromatic N) is 1. The summed E-state index contributed by atoms with van der Waals surface area (Å²) in [4.78, 5) is 12.8. The molecule has 0 saturated carbocycles. The van der Waals surface area contributed by atoms with Gasteiger partial charge in [-0.15, -0.1) is 0 Å². The number of para-hydroxylation sites is 1. The molecule has 0 aromatic heterocycles. The van der Waals surface area contributed by atoms with Crippen molar-refractivity contribution in [3.05, 3.63) is 24.3 Å². The molecule has 0 heterocycles. The predicted octanol–water partition coefficient (Wildman–Crippen LogP) is 1.67. The van der Waals surface area contributed by atoms with E-state index in [1.54, 1.807) is 46.0 Å². The van der Waals surface area contributed by atoms with E-state index in [2.05, 4.69) is 4.72 Å². The highest BCUT2D eigenvalue weighted by Crippen LogP contribution is 2.26. The van der Waals surface area contributed by atoms with E-state index >= 15 is 0 Å². The molecule has 1 aromatic rings. The quantitative estimate of drug-likeness (QED) is 0.799. The fourth-order valence-electron chi connectivity index (χ4n) is 2.13. The maximum Gasteiger partial charge on any atom is 0.326 e. The highest BCUT2D eigenvalue weighted by Gasteiger charge is 2.26. The standard InChI is InChI=1S/C14H22N2O4S/c1-5-11(14(17)18)16(4)12-8-6-7-9-13(12)21(19,20)15-10(2)3/h6-11,15H,5H2,1-4H3,(H,17,18). The van der Waals surface area contributed by atoms with Crippen LogP contribution in [0.1, 0.15) is 27.2 Å². The van der Waals surface area contributed by atoms with Gasteiger partial charge in [0, 0.05) is 13.1 Å². The molecule has 6 nitrogen and oxygen atoms in total. The molecule has 0 amide bonds. The van der Waals surface area contributed by atoms with Gasteiger partial charge in [0.1, 0.15) is 10.9 Å². The summed E-state index contributed by atoms with van der Waals surface area (Å²) in [7, 11) is -2.10. The average molecular weight is 314 g/mol. The van der Waals surface area contributed by atoms with Crippen molar-refractivity contribution in [2.24, 2.45) is 0 Å². The number of carboxylic acid groups (broad SMARTS) is 1. The minimum Gasteiger partial charge on any atom is -0.480 e. The molecule has 0 aliphatic heterocycles. The summed E-state index contributed by atoms with van der Waals surface area (Å²) in [6.45, 7) is 5.21. The molecule has 0 aliphatic carbocycles. The summed E-state index contributed by atoms with van der Waals surface area (Å²) in [5.74, 6) is -0.982. The van der Waals surface area contributed by atoms with Gasteiger partial charge in [-0.3, -0.25) is 0 Å². The van der Waals surface area contributed by atoms with E-state index in [0.29, 0.717) is 12.1 Å². The third-order valence-electron chi connectivity index (χ3n) is 3.06. The van der Waals surface area contributed by atoms with E-state index in [4.69, 9.17) is 0 Å².